The number of hydrogen-bond donors (Lipinski definition) is 1. The molecule has 0 fully saturated rings. The number of fused-ring (bicyclic) bond motifs is 1. The van der Waals surface area contributed by atoms with E-state index in [1.165, 1.54) is 31.4 Å². The number of amides is 3. The van der Waals surface area contributed by atoms with E-state index in [1.807, 2.05) is 6.92 Å². The van der Waals surface area contributed by atoms with Gasteiger partial charge in [-0.25, -0.2) is 9.59 Å². The molecule has 0 saturated heterocycles. The highest BCUT2D eigenvalue weighted by Gasteiger charge is 2.35. The Morgan fingerprint density at radius 1 is 1.20 bits per heavy atom. The minimum atomic E-state index is -0.856. The van der Waals surface area contributed by atoms with Gasteiger partial charge in [0.05, 0.1) is 23.8 Å². The lowest BCUT2D eigenvalue weighted by Crippen LogP contribution is -2.47. The summed E-state index contributed by atoms with van der Waals surface area (Å²) in [5, 5.41) is 2.49. The van der Waals surface area contributed by atoms with Crippen molar-refractivity contribution in [1.82, 2.24) is 10.2 Å². The third-order valence-electron chi connectivity index (χ3n) is 4.84. The Hall–Kier alpha value is -3.49. The van der Waals surface area contributed by atoms with Gasteiger partial charge in [0.15, 0.2) is 6.61 Å². The van der Waals surface area contributed by atoms with Gasteiger partial charge in [-0.15, -0.1) is 6.58 Å². The summed E-state index contributed by atoms with van der Waals surface area (Å²) in [5.41, 5.74) is 0.295. The quantitative estimate of drug-likeness (QED) is 0.366. The molecule has 30 heavy (non-hydrogen) atoms. The van der Waals surface area contributed by atoms with Crippen molar-refractivity contribution >= 4 is 29.7 Å². The van der Waals surface area contributed by atoms with Crippen LogP contribution in [0.25, 0.3) is 0 Å². The molecule has 0 radical (unpaired) electrons. The molecule has 2 rings (SSSR count). The molecule has 9 heteroatoms. The summed E-state index contributed by atoms with van der Waals surface area (Å²) < 4.78 is 9.67. The zero-order chi connectivity index (χ0) is 22.4. The van der Waals surface area contributed by atoms with E-state index in [9.17, 15) is 24.0 Å². The molecule has 1 aliphatic heterocycles. The van der Waals surface area contributed by atoms with Crippen LogP contribution in [0.3, 0.4) is 0 Å². The number of ether oxygens (including phenoxy) is 2. The Balaban J connectivity index is 2.03. The van der Waals surface area contributed by atoms with Gasteiger partial charge in [-0.05, 0) is 24.1 Å². The fourth-order valence-electron chi connectivity index (χ4n) is 2.94. The number of benzene rings is 1. The average Bonchev–Trinajstić information content (AvgIpc) is 2.99. The van der Waals surface area contributed by atoms with Gasteiger partial charge in [-0.1, -0.05) is 26.3 Å². The van der Waals surface area contributed by atoms with Crippen LogP contribution in [0.2, 0.25) is 0 Å². The molecule has 3 amide bonds. The van der Waals surface area contributed by atoms with E-state index >= 15 is 0 Å². The summed E-state index contributed by atoms with van der Waals surface area (Å²) >= 11 is 0. The second-order valence-corrected chi connectivity index (χ2v) is 6.80. The van der Waals surface area contributed by atoms with Crippen molar-refractivity contribution in [3.05, 3.63) is 47.5 Å². The standard InChI is InChI=1S/C21H24N2O7/c1-5-9-23-18(25)14-8-7-13(10-15(14)19(23)26)20(27)30-11-16(24)22-17(12(3)6-2)21(28)29-4/h5,7-8,10,12,17H,1,6,9,11H2,2-4H3,(H,22,24)/t12-,17-/m0/s1. The Morgan fingerprint density at radius 3 is 2.47 bits per heavy atom. The molecular formula is C21H24N2O7. The van der Waals surface area contributed by atoms with E-state index < -0.39 is 42.3 Å². The van der Waals surface area contributed by atoms with Crippen LogP contribution in [0.5, 0.6) is 0 Å². The van der Waals surface area contributed by atoms with Crippen molar-refractivity contribution in [2.75, 3.05) is 20.3 Å². The Labute approximate surface area is 174 Å². The van der Waals surface area contributed by atoms with Gasteiger partial charge >= 0.3 is 11.9 Å². The van der Waals surface area contributed by atoms with Crippen LogP contribution in [0, 0.1) is 5.92 Å². The predicted molar refractivity (Wildman–Crippen MR) is 106 cm³/mol. The van der Waals surface area contributed by atoms with Crippen LogP contribution in [0.15, 0.2) is 30.9 Å². The zero-order valence-electron chi connectivity index (χ0n) is 17.1. The Bertz CT molecular complexity index is 893. The summed E-state index contributed by atoms with van der Waals surface area (Å²) in [6, 6.07) is 3.12. The lowest BCUT2D eigenvalue weighted by Gasteiger charge is -2.21. The number of esters is 2. The van der Waals surface area contributed by atoms with E-state index in [1.54, 1.807) is 6.92 Å². The van der Waals surface area contributed by atoms with Crippen LogP contribution in [-0.4, -0.2) is 60.9 Å². The number of imide groups is 1. The van der Waals surface area contributed by atoms with E-state index in [-0.39, 0.29) is 29.2 Å². The van der Waals surface area contributed by atoms with Crippen molar-refractivity contribution in [3.8, 4) is 0 Å². The smallest absolute Gasteiger partial charge is 0.338 e. The first-order valence-corrected chi connectivity index (χ1v) is 9.40. The van der Waals surface area contributed by atoms with Gasteiger partial charge < -0.3 is 14.8 Å². The number of nitrogens with zero attached hydrogens (tertiary/aromatic N) is 1. The highest BCUT2D eigenvalue weighted by Crippen LogP contribution is 2.24. The molecule has 2 atom stereocenters. The maximum absolute atomic E-state index is 12.3. The molecule has 1 aromatic rings. The highest BCUT2D eigenvalue weighted by molar-refractivity contribution is 6.22. The maximum Gasteiger partial charge on any atom is 0.338 e. The van der Waals surface area contributed by atoms with E-state index in [2.05, 4.69) is 16.6 Å². The minimum absolute atomic E-state index is 0.0228. The first kappa shape index (κ1) is 22.8. The lowest BCUT2D eigenvalue weighted by atomic mass is 9.99. The van der Waals surface area contributed by atoms with E-state index in [0.717, 1.165) is 4.90 Å². The molecule has 1 aromatic carbocycles. The van der Waals surface area contributed by atoms with Gasteiger partial charge in [-0.3, -0.25) is 19.3 Å². The molecule has 0 aromatic heterocycles. The fraction of sp³-hybridized carbons (Fsp3) is 0.381. The molecule has 1 heterocycles. The summed E-state index contributed by atoms with van der Waals surface area (Å²) in [6.45, 7) is 6.60. The topological polar surface area (TPSA) is 119 Å². The molecule has 0 bridgehead atoms. The Morgan fingerprint density at radius 2 is 1.87 bits per heavy atom. The van der Waals surface area contributed by atoms with Crippen LogP contribution in [-0.2, 0) is 19.1 Å². The number of carbonyl (C=O) groups is 5. The van der Waals surface area contributed by atoms with Gasteiger partial charge in [-0.2, -0.15) is 0 Å². The third-order valence-corrected chi connectivity index (χ3v) is 4.84. The molecule has 0 spiro atoms. The summed E-state index contributed by atoms with van der Waals surface area (Å²) in [4.78, 5) is 61.8. The lowest BCUT2D eigenvalue weighted by molar-refractivity contribution is -0.147. The van der Waals surface area contributed by atoms with Crippen LogP contribution >= 0.6 is 0 Å². The number of nitrogens with one attached hydrogen (secondary N) is 1. The van der Waals surface area contributed by atoms with Crippen molar-refractivity contribution in [2.45, 2.75) is 26.3 Å². The SMILES string of the molecule is C=CCN1C(=O)c2ccc(C(=O)OCC(=O)N[C@H](C(=O)OC)[C@@H](C)CC)cc2C1=O. The number of rotatable bonds is 9. The molecule has 0 aliphatic carbocycles. The second kappa shape index (κ2) is 9.82. The molecule has 1 aliphatic rings. The highest BCUT2D eigenvalue weighted by atomic mass is 16.5. The van der Waals surface area contributed by atoms with E-state index in [0.29, 0.717) is 6.42 Å². The van der Waals surface area contributed by atoms with Crippen molar-refractivity contribution in [1.29, 1.82) is 0 Å². The van der Waals surface area contributed by atoms with Crippen LogP contribution in [0.4, 0.5) is 0 Å². The molecule has 0 unspecified atom stereocenters. The number of hydrogen-bond acceptors (Lipinski definition) is 7. The maximum atomic E-state index is 12.3. The molecule has 1 N–H and O–H groups in total. The predicted octanol–water partition coefficient (Wildman–Crippen LogP) is 1.33. The van der Waals surface area contributed by atoms with Crippen molar-refractivity contribution < 1.29 is 33.4 Å². The van der Waals surface area contributed by atoms with Crippen molar-refractivity contribution in [3.63, 3.8) is 0 Å². The van der Waals surface area contributed by atoms with Gasteiger partial charge in [0, 0.05) is 6.54 Å². The minimum Gasteiger partial charge on any atom is -0.467 e. The average molecular weight is 416 g/mol. The van der Waals surface area contributed by atoms with Gasteiger partial charge in [0.25, 0.3) is 17.7 Å². The van der Waals surface area contributed by atoms with Crippen LogP contribution in [0.1, 0.15) is 51.3 Å². The largest absolute Gasteiger partial charge is 0.467 e. The molecule has 9 nitrogen and oxygen atoms in total. The van der Waals surface area contributed by atoms with Crippen molar-refractivity contribution in [2.24, 2.45) is 5.92 Å². The monoisotopic (exact) mass is 416 g/mol. The second-order valence-electron chi connectivity index (χ2n) is 6.80. The van der Waals surface area contributed by atoms with Gasteiger partial charge in [0.2, 0.25) is 0 Å². The first-order valence-electron chi connectivity index (χ1n) is 9.40. The molecule has 160 valence electrons. The third kappa shape index (κ3) is 4.73. The summed E-state index contributed by atoms with van der Waals surface area (Å²) in [5.74, 6) is -3.26. The summed E-state index contributed by atoms with van der Waals surface area (Å²) in [7, 11) is 1.22. The van der Waals surface area contributed by atoms with Crippen LogP contribution < -0.4 is 5.32 Å². The first-order chi connectivity index (χ1) is 14.2. The molecular weight excluding hydrogens is 392 g/mol. The van der Waals surface area contributed by atoms with Gasteiger partial charge in [0.1, 0.15) is 6.04 Å². The normalized spacial score (nSPS) is 14.6. The van der Waals surface area contributed by atoms with E-state index in [4.69, 9.17) is 4.74 Å². The number of methoxy groups -OCH3 is 1. The summed E-state index contributed by atoms with van der Waals surface area (Å²) in [6.07, 6.45) is 2.06. The number of carbonyl (C=O) groups excluding carboxylic acids is 5. The fourth-order valence-corrected chi connectivity index (χ4v) is 2.94. The zero-order valence-corrected chi connectivity index (χ0v) is 17.1. The molecule has 0 saturated carbocycles. The Kier molecular flexibility index (Phi) is 7.46.